The van der Waals surface area contributed by atoms with Crippen LogP contribution in [0.5, 0.6) is 0 Å². The molecule has 4 heteroatoms. The third-order valence-electron chi connectivity index (χ3n) is 2.61. The maximum Gasteiger partial charge on any atom is 0.202 e. The summed E-state index contributed by atoms with van der Waals surface area (Å²) in [7, 11) is 0. The molecule has 0 aliphatic heterocycles. The van der Waals surface area contributed by atoms with E-state index in [9.17, 15) is 0 Å². The van der Waals surface area contributed by atoms with Crippen LogP contribution in [0.15, 0.2) is 30.3 Å². The summed E-state index contributed by atoms with van der Waals surface area (Å²) in [6.45, 7) is 5.32. The molecule has 0 bridgehead atoms. The van der Waals surface area contributed by atoms with Gasteiger partial charge in [0.15, 0.2) is 0 Å². The van der Waals surface area contributed by atoms with E-state index in [1.165, 1.54) is 17.1 Å². The van der Waals surface area contributed by atoms with Gasteiger partial charge < -0.3 is 5.32 Å². The lowest BCUT2D eigenvalue weighted by Crippen LogP contribution is -2.07. The van der Waals surface area contributed by atoms with E-state index in [0.717, 1.165) is 30.3 Å². The van der Waals surface area contributed by atoms with Crippen molar-refractivity contribution >= 4 is 16.7 Å². The number of nitrogens with one attached hydrogen (secondary N) is 1. The number of hydrogen-bond donors (Lipinski definition) is 1. The lowest BCUT2D eigenvalue weighted by Gasteiger charge is -2.03. The highest BCUT2D eigenvalue weighted by Gasteiger charge is 2.04. The van der Waals surface area contributed by atoms with Crippen molar-refractivity contribution in [3.8, 4) is 0 Å². The molecule has 0 saturated carbocycles. The highest BCUT2D eigenvalue weighted by molar-refractivity contribution is 7.09. The average molecular weight is 261 g/mol. The van der Waals surface area contributed by atoms with Crippen molar-refractivity contribution in [3.05, 3.63) is 41.7 Å². The quantitative estimate of drug-likeness (QED) is 0.866. The molecule has 2 rings (SSSR count). The number of nitrogens with zero attached hydrogens (tertiary/aromatic N) is 2. The van der Waals surface area contributed by atoms with Gasteiger partial charge >= 0.3 is 0 Å². The van der Waals surface area contributed by atoms with Gasteiger partial charge in [-0.3, -0.25) is 0 Å². The molecule has 0 amide bonds. The fraction of sp³-hybridized carbons (Fsp3) is 0.429. The third-order valence-corrected chi connectivity index (χ3v) is 3.32. The summed E-state index contributed by atoms with van der Waals surface area (Å²) in [6, 6.07) is 10.5. The molecule has 0 radical (unpaired) electrons. The maximum absolute atomic E-state index is 4.49. The summed E-state index contributed by atoms with van der Waals surface area (Å²) in [5.41, 5.74) is 1.34. The molecule has 1 heterocycles. The van der Waals surface area contributed by atoms with E-state index < -0.39 is 0 Å². The molecule has 1 N–H and O–H groups in total. The molecule has 0 atom stereocenters. The minimum atomic E-state index is 0.627. The van der Waals surface area contributed by atoms with E-state index in [0.29, 0.717) is 5.92 Å². The molecule has 3 nitrogen and oxygen atoms in total. The zero-order valence-corrected chi connectivity index (χ0v) is 11.7. The average Bonchev–Trinajstić information content (AvgIpc) is 2.83. The van der Waals surface area contributed by atoms with Crippen LogP contribution in [-0.4, -0.2) is 15.9 Å². The van der Waals surface area contributed by atoms with E-state index in [2.05, 4.69) is 52.8 Å². The Morgan fingerprint density at radius 3 is 2.67 bits per heavy atom. The molecule has 1 aromatic heterocycles. The molecular weight excluding hydrogens is 242 g/mol. The van der Waals surface area contributed by atoms with Gasteiger partial charge in [0.2, 0.25) is 5.13 Å². The number of aryl methyl sites for hydroxylation is 2. The van der Waals surface area contributed by atoms with Gasteiger partial charge in [0.1, 0.15) is 5.82 Å². The van der Waals surface area contributed by atoms with Gasteiger partial charge in [-0.15, -0.1) is 0 Å². The SMILES string of the molecule is CC(C)CNc1nc(CCc2ccccc2)ns1. The predicted molar refractivity (Wildman–Crippen MR) is 77.1 cm³/mol. The van der Waals surface area contributed by atoms with Crippen LogP contribution in [0.2, 0.25) is 0 Å². The number of hydrogen-bond acceptors (Lipinski definition) is 4. The summed E-state index contributed by atoms with van der Waals surface area (Å²) in [6.07, 6.45) is 1.91. The Morgan fingerprint density at radius 2 is 1.94 bits per heavy atom. The Kier molecular flexibility index (Phi) is 4.70. The first kappa shape index (κ1) is 13.0. The van der Waals surface area contributed by atoms with Crippen LogP contribution in [0, 0.1) is 5.92 Å². The number of benzene rings is 1. The smallest absolute Gasteiger partial charge is 0.202 e. The highest BCUT2D eigenvalue weighted by atomic mass is 32.1. The number of rotatable bonds is 6. The zero-order chi connectivity index (χ0) is 12.8. The lowest BCUT2D eigenvalue weighted by molar-refractivity contribution is 0.688. The second-order valence-electron chi connectivity index (χ2n) is 4.78. The third kappa shape index (κ3) is 4.11. The molecule has 2 aromatic rings. The minimum Gasteiger partial charge on any atom is -0.360 e. The van der Waals surface area contributed by atoms with Crippen molar-refractivity contribution in [1.82, 2.24) is 9.36 Å². The van der Waals surface area contributed by atoms with Crippen molar-refractivity contribution in [2.45, 2.75) is 26.7 Å². The van der Waals surface area contributed by atoms with Crippen molar-refractivity contribution in [2.75, 3.05) is 11.9 Å². The fourth-order valence-corrected chi connectivity index (χ4v) is 2.24. The van der Waals surface area contributed by atoms with Gasteiger partial charge in [-0.05, 0) is 17.9 Å². The van der Waals surface area contributed by atoms with Gasteiger partial charge in [0.25, 0.3) is 0 Å². The van der Waals surface area contributed by atoms with Gasteiger partial charge in [0.05, 0.1) is 0 Å². The molecule has 0 unspecified atom stereocenters. The van der Waals surface area contributed by atoms with Crippen LogP contribution in [0.4, 0.5) is 5.13 Å². The number of anilines is 1. The minimum absolute atomic E-state index is 0.627. The fourth-order valence-electron chi connectivity index (χ4n) is 1.62. The Balaban J connectivity index is 1.83. The van der Waals surface area contributed by atoms with Crippen molar-refractivity contribution in [3.63, 3.8) is 0 Å². The van der Waals surface area contributed by atoms with E-state index in [1.54, 1.807) is 0 Å². The molecule has 0 aliphatic rings. The Morgan fingerprint density at radius 1 is 1.17 bits per heavy atom. The first-order chi connectivity index (χ1) is 8.74. The molecule has 0 fully saturated rings. The molecule has 1 aromatic carbocycles. The van der Waals surface area contributed by atoms with Crippen LogP contribution in [0.1, 0.15) is 25.2 Å². The summed E-state index contributed by atoms with van der Waals surface area (Å²) in [4.78, 5) is 4.49. The first-order valence-corrected chi connectivity index (χ1v) is 7.12. The Hall–Kier alpha value is -1.42. The molecule has 18 heavy (non-hydrogen) atoms. The van der Waals surface area contributed by atoms with Gasteiger partial charge in [-0.25, -0.2) is 4.98 Å². The van der Waals surface area contributed by atoms with Crippen molar-refractivity contribution in [2.24, 2.45) is 5.92 Å². The number of aromatic nitrogens is 2. The summed E-state index contributed by atoms with van der Waals surface area (Å²) in [5, 5.41) is 4.24. The summed E-state index contributed by atoms with van der Waals surface area (Å²) >= 11 is 1.45. The molecular formula is C14H19N3S. The predicted octanol–water partition coefficient (Wildman–Crippen LogP) is 3.39. The van der Waals surface area contributed by atoms with E-state index in [1.807, 2.05) is 6.07 Å². The van der Waals surface area contributed by atoms with E-state index >= 15 is 0 Å². The van der Waals surface area contributed by atoms with E-state index in [-0.39, 0.29) is 0 Å². The zero-order valence-electron chi connectivity index (χ0n) is 10.9. The Labute approximate surface area is 112 Å². The van der Waals surface area contributed by atoms with Crippen LogP contribution < -0.4 is 5.32 Å². The standard InChI is InChI=1S/C14H19N3S/c1-11(2)10-15-14-16-13(17-18-14)9-8-12-6-4-3-5-7-12/h3-7,11H,8-10H2,1-2H3,(H,15,16,17). The monoisotopic (exact) mass is 261 g/mol. The Bertz CT molecular complexity index is 465. The maximum atomic E-state index is 4.49. The van der Waals surface area contributed by atoms with Gasteiger partial charge in [0, 0.05) is 24.5 Å². The first-order valence-electron chi connectivity index (χ1n) is 6.34. The van der Waals surface area contributed by atoms with Crippen LogP contribution in [0.3, 0.4) is 0 Å². The van der Waals surface area contributed by atoms with Crippen molar-refractivity contribution in [1.29, 1.82) is 0 Å². The molecule has 96 valence electrons. The second-order valence-corrected chi connectivity index (χ2v) is 5.53. The van der Waals surface area contributed by atoms with Crippen LogP contribution >= 0.6 is 11.5 Å². The summed E-state index contributed by atoms with van der Waals surface area (Å²) < 4.78 is 4.38. The van der Waals surface area contributed by atoms with Gasteiger partial charge in [-0.1, -0.05) is 44.2 Å². The second kappa shape index (κ2) is 6.50. The normalized spacial score (nSPS) is 10.8. The topological polar surface area (TPSA) is 37.8 Å². The summed E-state index contributed by atoms with van der Waals surface area (Å²) in [5.74, 6) is 1.57. The molecule has 0 aliphatic carbocycles. The van der Waals surface area contributed by atoms with Crippen LogP contribution in [0.25, 0.3) is 0 Å². The molecule has 0 spiro atoms. The molecule has 0 saturated heterocycles. The highest BCUT2D eigenvalue weighted by Crippen LogP contribution is 2.13. The van der Waals surface area contributed by atoms with Crippen molar-refractivity contribution < 1.29 is 0 Å². The van der Waals surface area contributed by atoms with Crippen LogP contribution in [-0.2, 0) is 12.8 Å². The van der Waals surface area contributed by atoms with Gasteiger partial charge in [-0.2, -0.15) is 4.37 Å². The van der Waals surface area contributed by atoms with E-state index in [4.69, 9.17) is 0 Å². The largest absolute Gasteiger partial charge is 0.360 e. The lowest BCUT2D eigenvalue weighted by atomic mass is 10.1.